The first-order chi connectivity index (χ1) is 71.3. The number of nitrogens with zero attached hydrogens (tertiary/aromatic N) is 13. The second kappa shape index (κ2) is 38.0. The van der Waals surface area contributed by atoms with E-state index < -0.39 is 0 Å². The highest BCUT2D eigenvalue weighted by molar-refractivity contribution is 6.15. The summed E-state index contributed by atoms with van der Waals surface area (Å²) in [5.41, 5.74) is 25.7. The molecule has 13 heteroatoms. The molecule has 7 heterocycles. The first-order valence-electron chi connectivity index (χ1n) is 48.0. The van der Waals surface area contributed by atoms with Crippen molar-refractivity contribution in [3.05, 3.63) is 504 Å². The molecule has 0 aliphatic heterocycles. The van der Waals surface area contributed by atoms with E-state index in [1.165, 1.54) is 38.1 Å². The summed E-state index contributed by atoms with van der Waals surface area (Å²) in [6.07, 6.45) is 7.46. The molecule has 0 saturated carbocycles. The van der Waals surface area contributed by atoms with Crippen LogP contribution in [0.2, 0.25) is 0 Å². The van der Waals surface area contributed by atoms with Gasteiger partial charge in [-0.1, -0.05) is 431 Å². The number of benzene rings is 20. The molecule has 0 spiro atoms. The Balaban J connectivity index is 0.000000113. The second-order valence-corrected chi connectivity index (χ2v) is 35.6. The Bertz CT molecular complexity index is 9260. The molecule has 0 amide bonds. The number of rotatable bonds is 15. The van der Waals surface area contributed by atoms with Gasteiger partial charge in [0.05, 0.1) is 22.1 Å². The van der Waals surface area contributed by atoms with Gasteiger partial charge in [-0.15, -0.1) is 0 Å². The van der Waals surface area contributed by atoms with Crippen LogP contribution in [0, 0.1) is 0 Å². The third kappa shape index (κ3) is 17.2. The van der Waals surface area contributed by atoms with Gasteiger partial charge in [0.2, 0.25) is 0 Å². The molecular weight excluding hydrogens is 1760 g/mol. The second-order valence-electron chi connectivity index (χ2n) is 35.6. The molecule has 7 aromatic heterocycles. The maximum atomic E-state index is 5.28. The number of pyridine rings is 4. The Hall–Kier alpha value is -19.6. The van der Waals surface area contributed by atoms with Gasteiger partial charge in [-0.3, -0.25) is 19.9 Å². The third-order valence-corrected chi connectivity index (χ3v) is 26.8. The normalized spacial score (nSPS) is 11.3. The van der Waals surface area contributed by atoms with E-state index in [0.717, 1.165) is 176 Å². The van der Waals surface area contributed by atoms with Gasteiger partial charge in [0.1, 0.15) is 0 Å². The minimum atomic E-state index is 0.613. The lowest BCUT2D eigenvalue weighted by atomic mass is 9.96. The van der Waals surface area contributed by atoms with Crippen LogP contribution < -0.4 is 0 Å². The number of aromatic nitrogens is 13. The Morgan fingerprint density at radius 3 is 0.764 bits per heavy atom. The van der Waals surface area contributed by atoms with Crippen LogP contribution in [0.1, 0.15) is 0 Å². The minimum absolute atomic E-state index is 0.613. The number of hydrogen-bond acceptors (Lipinski definition) is 13. The SMILES string of the molecule is c1ccc(-c2ccc(-c3nc(-c4ccc(-c5cccc6cccnc56)cc4)nc(-c4ccc(-c5cccc6cccnc56)cc4)n3)cc2)cc1.c1ccc(-c2ccc(-c3nc(-c4ccc(-c5cccc6cccnc56)cc4)nc(-c4ccc5ccccc5c4)n3)cc2)cc1.c1ccc2ncc(-c3ccc(-c4nc(-c5cc6ccccc6c6ccccc56)nc(-c5cc6ccccc6c6ccccc56)n4)cc3)cc2c1. The monoisotopic (exact) mass is 1840 g/mol. The van der Waals surface area contributed by atoms with Gasteiger partial charge in [0.15, 0.2) is 52.4 Å². The lowest BCUT2D eigenvalue weighted by Crippen LogP contribution is -2.01. The molecular formula is C131H83N13. The maximum Gasteiger partial charge on any atom is 0.164 e. The van der Waals surface area contributed by atoms with Crippen LogP contribution in [0.3, 0.4) is 0 Å². The van der Waals surface area contributed by atoms with Crippen molar-refractivity contribution in [3.63, 3.8) is 0 Å². The number of para-hydroxylation sites is 4. The zero-order valence-electron chi connectivity index (χ0n) is 77.7. The van der Waals surface area contributed by atoms with Gasteiger partial charge in [-0.05, 0) is 147 Å². The zero-order valence-corrected chi connectivity index (χ0v) is 77.7. The molecule has 0 fully saturated rings. The third-order valence-electron chi connectivity index (χ3n) is 26.8. The lowest BCUT2D eigenvalue weighted by Gasteiger charge is -2.14. The van der Waals surface area contributed by atoms with Gasteiger partial charge < -0.3 is 0 Å². The molecule has 0 aliphatic rings. The van der Waals surface area contributed by atoms with E-state index in [1.54, 1.807) is 0 Å². The highest BCUT2D eigenvalue weighted by Crippen LogP contribution is 2.42. The highest BCUT2D eigenvalue weighted by Gasteiger charge is 2.23. The average molecular weight is 1840 g/mol. The van der Waals surface area contributed by atoms with Crippen molar-refractivity contribution in [2.75, 3.05) is 0 Å². The molecule has 0 saturated heterocycles. The Morgan fingerprint density at radius 1 is 0.118 bits per heavy atom. The maximum absolute atomic E-state index is 5.28. The first kappa shape index (κ1) is 86.0. The van der Waals surface area contributed by atoms with E-state index in [1.807, 2.05) is 73.3 Å². The van der Waals surface area contributed by atoms with Crippen molar-refractivity contribution in [1.29, 1.82) is 0 Å². The van der Waals surface area contributed by atoms with Crippen molar-refractivity contribution in [3.8, 4) is 169 Å². The van der Waals surface area contributed by atoms with Crippen LogP contribution in [-0.2, 0) is 0 Å². The molecule has 0 aliphatic carbocycles. The highest BCUT2D eigenvalue weighted by atomic mass is 15.1. The molecule has 20 aromatic carbocycles. The summed E-state index contributed by atoms with van der Waals surface area (Å²) in [4.78, 5) is 64.3. The van der Waals surface area contributed by atoms with Crippen LogP contribution in [-0.4, -0.2) is 64.8 Å². The fourth-order valence-electron chi connectivity index (χ4n) is 19.4. The van der Waals surface area contributed by atoms with E-state index in [-0.39, 0.29) is 0 Å². The topological polar surface area (TPSA) is 168 Å². The van der Waals surface area contributed by atoms with Crippen molar-refractivity contribution in [2.45, 2.75) is 0 Å². The van der Waals surface area contributed by atoms with E-state index in [4.69, 9.17) is 44.9 Å². The standard InChI is InChI=1S/C46H28N4.C45H29N5.C40H26N4/c1-4-14-35-31(11-1)26-41(39-18-8-6-16-37(35)39)45-48-44(30-23-21-29(22-24-30)34-25-33-13-3-10-20-43(33)47-28-34)49-46(50-45)42-27-32-12-2-5-15-36(32)38-17-7-9-19-40(38)42;1-2-8-30(9-3-1)31-16-22-36(23-17-31)43-48-44(37-24-18-32(19-25-37)39-14-4-10-34-12-6-28-46-41(34)39)50-45(49-43)38-26-20-33(21-27-38)40-15-5-11-35-13-7-29-47-42(35)40;1-2-8-27(9-3-1)29-15-20-32(21-16-29)38-42-39(44-40(43-38)35-24-17-28-10-4-5-11-34(28)26-35)33-22-18-30(19-23-33)36-14-6-12-31-13-7-25-41-37(31)36/h1-28H;1-29H;1-26H. The molecule has 0 bridgehead atoms. The van der Waals surface area contributed by atoms with Crippen molar-refractivity contribution in [1.82, 2.24) is 64.8 Å². The predicted octanol–water partition coefficient (Wildman–Crippen LogP) is 32.6. The van der Waals surface area contributed by atoms with Crippen LogP contribution >= 0.6 is 0 Å². The Kier molecular flexibility index (Phi) is 22.7. The smallest absolute Gasteiger partial charge is 0.164 e. The average Bonchev–Trinajstić information content (AvgIpc) is 0.743. The summed E-state index contributed by atoms with van der Waals surface area (Å²) in [5.74, 6) is 5.68. The van der Waals surface area contributed by atoms with Crippen molar-refractivity contribution in [2.24, 2.45) is 0 Å². The molecule has 0 radical (unpaired) electrons. The summed E-state index contributed by atoms with van der Waals surface area (Å²) in [7, 11) is 0. The molecule has 672 valence electrons. The number of hydrogen-bond donors (Lipinski definition) is 0. The molecule has 27 aromatic rings. The summed E-state index contributed by atoms with van der Waals surface area (Å²) in [5, 5.41) is 16.1. The predicted molar refractivity (Wildman–Crippen MR) is 590 cm³/mol. The zero-order chi connectivity index (χ0) is 95.6. The summed E-state index contributed by atoms with van der Waals surface area (Å²) in [6.45, 7) is 0. The van der Waals surface area contributed by atoms with E-state index >= 15 is 0 Å². The molecule has 0 atom stereocenters. The fraction of sp³-hybridized carbons (Fsp3) is 0. The molecule has 0 unspecified atom stereocenters. The summed E-state index contributed by atoms with van der Waals surface area (Å²) >= 11 is 0. The van der Waals surface area contributed by atoms with E-state index in [0.29, 0.717) is 52.4 Å². The van der Waals surface area contributed by atoms with E-state index in [9.17, 15) is 0 Å². The van der Waals surface area contributed by atoms with Crippen LogP contribution in [0.15, 0.2) is 504 Å². The van der Waals surface area contributed by atoms with Gasteiger partial charge in [-0.2, -0.15) is 0 Å². The quantitative estimate of drug-likeness (QED) is 0.0890. The Labute approximate surface area is 829 Å². The van der Waals surface area contributed by atoms with Crippen molar-refractivity contribution >= 4 is 97.5 Å². The lowest BCUT2D eigenvalue weighted by molar-refractivity contribution is 1.07. The minimum Gasteiger partial charge on any atom is -0.256 e. The van der Waals surface area contributed by atoms with Crippen molar-refractivity contribution < 1.29 is 0 Å². The summed E-state index contributed by atoms with van der Waals surface area (Å²) in [6, 6.07) is 166. The van der Waals surface area contributed by atoms with E-state index in [2.05, 4.69) is 451 Å². The molecule has 144 heavy (non-hydrogen) atoms. The molecule has 0 N–H and O–H groups in total. The van der Waals surface area contributed by atoms with Gasteiger partial charge in [0, 0.05) is 119 Å². The molecule has 13 nitrogen and oxygen atoms in total. The molecule has 27 rings (SSSR count). The van der Waals surface area contributed by atoms with Crippen LogP contribution in [0.4, 0.5) is 0 Å². The number of fused-ring (bicyclic) bond motifs is 11. The first-order valence-corrected chi connectivity index (χ1v) is 48.0. The largest absolute Gasteiger partial charge is 0.256 e. The van der Waals surface area contributed by atoms with Gasteiger partial charge >= 0.3 is 0 Å². The Morgan fingerprint density at radius 2 is 0.375 bits per heavy atom. The van der Waals surface area contributed by atoms with Crippen LogP contribution in [0.5, 0.6) is 0 Å². The van der Waals surface area contributed by atoms with Crippen LogP contribution in [0.25, 0.3) is 267 Å². The van der Waals surface area contributed by atoms with Gasteiger partial charge in [0.25, 0.3) is 0 Å². The fourth-order valence-corrected chi connectivity index (χ4v) is 19.4. The van der Waals surface area contributed by atoms with Gasteiger partial charge in [-0.25, -0.2) is 44.9 Å². The summed E-state index contributed by atoms with van der Waals surface area (Å²) < 4.78 is 0.